The molecular formula is C20H29N3O4. The van der Waals surface area contributed by atoms with Gasteiger partial charge in [-0.15, -0.1) is 0 Å². The predicted octanol–water partition coefficient (Wildman–Crippen LogP) is 0.241. The minimum Gasteiger partial charge on any atom is -0.395 e. The standard InChI is InChI=1S/C20H29N3O4/c1-14(25)23-12-18(26)9-19(23)20(27)21-10-15-5-2-3-6-16(15)11-22-8-4-7-17(22)13-24/h2-3,5-6,17-19,24,26H,4,7-13H2,1H3,(H,21,27)/t17?,18-,19-/m1/s1. The van der Waals surface area contributed by atoms with E-state index in [0.29, 0.717) is 6.54 Å². The lowest BCUT2D eigenvalue weighted by molar-refractivity contribution is -0.137. The second kappa shape index (κ2) is 8.82. The van der Waals surface area contributed by atoms with Crippen LogP contribution in [0.5, 0.6) is 0 Å². The first kappa shape index (κ1) is 19.8. The first-order valence-electron chi connectivity index (χ1n) is 9.64. The van der Waals surface area contributed by atoms with Gasteiger partial charge in [0, 0.05) is 39.0 Å². The third-order valence-electron chi connectivity index (χ3n) is 5.64. The smallest absolute Gasteiger partial charge is 0.243 e. The molecule has 2 aliphatic rings. The molecule has 3 rings (SSSR count). The van der Waals surface area contributed by atoms with Crippen LogP contribution in [-0.2, 0) is 22.7 Å². The van der Waals surface area contributed by atoms with Crippen LogP contribution in [-0.4, -0.2) is 69.7 Å². The summed E-state index contributed by atoms with van der Waals surface area (Å²) in [5, 5.41) is 22.3. The van der Waals surface area contributed by atoms with Gasteiger partial charge in [0.2, 0.25) is 11.8 Å². The fraction of sp³-hybridized carbons (Fsp3) is 0.600. The van der Waals surface area contributed by atoms with Crippen molar-refractivity contribution in [3.05, 3.63) is 35.4 Å². The number of hydrogen-bond donors (Lipinski definition) is 3. The van der Waals surface area contributed by atoms with Crippen LogP contribution in [0.2, 0.25) is 0 Å². The molecule has 3 atom stereocenters. The highest BCUT2D eigenvalue weighted by Gasteiger charge is 2.37. The molecule has 2 aliphatic heterocycles. The van der Waals surface area contributed by atoms with Gasteiger partial charge in [-0.1, -0.05) is 24.3 Å². The lowest BCUT2D eigenvalue weighted by Gasteiger charge is -2.25. The van der Waals surface area contributed by atoms with Crippen molar-refractivity contribution in [1.82, 2.24) is 15.1 Å². The first-order chi connectivity index (χ1) is 13.0. The summed E-state index contributed by atoms with van der Waals surface area (Å²) in [7, 11) is 0. The first-order valence-corrected chi connectivity index (χ1v) is 9.64. The molecule has 2 saturated heterocycles. The SMILES string of the molecule is CC(=O)N1C[C@H](O)C[C@@H]1C(=O)NCc1ccccc1CN1CCCC1CO. The lowest BCUT2D eigenvalue weighted by atomic mass is 10.1. The molecule has 1 unspecified atom stereocenters. The number of rotatable bonds is 6. The number of β-amino-alcohol motifs (C(OH)–C–C–N with tert-alkyl or cyclic N) is 1. The monoisotopic (exact) mass is 375 g/mol. The van der Waals surface area contributed by atoms with Crippen molar-refractivity contribution in [3.63, 3.8) is 0 Å². The van der Waals surface area contributed by atoms with Gasteiger partial charge in [0.1, 0.15) is 6.04 Å². The van der Waals surface area contributed by atoms with Gasteiger partial charge in [-0.2, -0.15) is 0 Å². The highest BCUT2D eigenvalue weighted by Crippen LogP contribution is 2.22. The number of carbonyl (C=O) groups excluding carboxylic acids is 2. The zero-order valence-electron chi connectivity index (χ0n) is 15.8. The van der Waals surface area contributed by atoms with Crippen LogP contribution in [0.3, 0.4) is 0 Å². The maximum absolute atomic E-state index is 12.6. The highest BCUT2D eigenvalue weighted by atomic mass is 16.3. The van der Waals surface area contributed by atoms with Crippen LogP contribution in [0.1, 0.15) is 37.3 Å². The van der Waals surface area contributed by atoms with Crippen molar-refractivity contribution in [2.45, 2.75) is 57.5 Å². The molecule has 0 aliphatic carbocycles. The second-order valence-corrected chi connectivity index (χ2v) is 7.51. The summed E-state index contributed by atoms with van der Waals surface area (Å²) in [6.45, 7) is 3.90. The Morgan fingerprint density at radius 1 is 1.26 bits per heavy atom. The molecule has 2 heterocycles. The molecular weight excluding hydrogens is 346 g/mol. The van der Waals surface area contributed by atoms with Crippen molar-refractivity contribution in [2.24, 2.45) is 0 Å². The summed E-state index contributed by atoms with van der Waals surface area (Å²) in [6, 6.07) is 7.56. The molecule has 2 fully saturated rings. The van der Waals surface area contributed by atoms with Crippen molar-refractivity contribution < 1.29 is 19.8 Å². The van der Waals surface area contributed by atoms with E-state index in [1.165, 1.54) is 11.8 Å². The summed E-state index contributed by atoms with van der Waals surface area (Å²) in [6.07, 6.45) is 1.73. The average Bonchev–Trinajstić information content (AvgIpc) is 3.26. The molecule has 7 heteroatoms. The summed E-state index contributed by atoms with van der Waals surface area (Å²) in [5.41, 5.74) is 2.16. The molecule has 148 valence electrons. The second-order valence-electron chi connectivity index (χ2n) is 7.51. The van der Waals surface area contributed by atoms with Crippen LogP contribution >= 0.6 is 0 Å². The molecule has 0 aromatic heterocycles. The van der Waals surface area contributed by atoms with Crippen molar-refractivity contribution in [1.29, 1.82) is 0 Å². The van der Waals surface area contributed by atoms with Gasteiger partial charge in [0.15, 0.2) is 0 Å². The van der Waals surface area contributed by atoms with Crippen LogP contribution in [0, 0.1) is 0 Å². The number of nitrogens with one attached hydrogen (secondary N) is 1. The fourth-order valence-corrected chi connectivity index (χ4v) is 4.12. The topological polar surface area (TPSA) is 93.1 Å². The molecule has 7 nitrogen and oxygen atoms in total. The molecule has 1 aromatic rings. The van der Waals surface area contributed by atoms with E-state index in [2.05, 4.69) is 16.3 Å². The third kappa shape index (κ3) is 4.66. The van der Waals surface area contributed by atoms with E-state index in [4.69, 9.17) is 0 Å². The Morgan fingerprint density at radius 2 is 2.00 bits per heavy atom. The molecule has 0 spiro atoms. The lowest BCUT2D eigenvalue weighted by Crippen LogP contribution is -2.45. The molecule has 0 radical (unpaired) electrons. The minimum atomic E-state index is -0.650. The largest absolute Gasteiger partial charge is 0.395 e. The minimum absolute atomic E-state index is 0.170. The Labute approximate surface area is 160 Å². The van der Waals surface area contributed by atoms with Gasteiger partial charge in [0.25, 0.3) is 0 Å². The van der Waals surface area contributed by atoms with Gasteiger partial charge in [-0.05, 0) is 30.5 Å². The van der Waals surface area contributed by atoms with Gasteiger partial charge < -0.3 is 20.4 Å². The number of carbonyl (C=O) groups is 2. The van der Waals surface area contributed by atoms with Gasteiger partial charge >= 0.3 is 0 Å². The number of amides is 2. The van der Waals surface area contributed by atoms with Crippen molar-refractivity contribution in [3.8, 4) is 0 Å². The molecule has 0 bridgehead atoms. The Balaban J connectivity index is 1.63. The summed E-state index contributed by atoms with van der Waals surface area (Å²) in [5.74, 6) is -0.429. The maximum Gasteiger partial charge on any atom is 0.243 e. The van der Waals surface area contributed by atoms with E-state index in [0.717, 1.165) is 37.1 Å². The predicted molar refractivity (Wildman–Crippen MR) is 101 cm³/mol. The van der Waals surface area contributed by atoms with Crippen molar-refractivity contribution in [2.75, 3.05) is 19.7 Å². The normalized spacial score (nSPS) is 25.7. The van der Waals surface area contributed by atoms with Crippen LogP contribution < -0.4 is 5.32 Å². The molecule has 27 heavy (non-hydrogen) atoms. The van der Waals surface area contributed by atoms with Gasteiger partial charge in [-0.3, -0.25) is 14.5 Å². The molecule has 2 amide bonds. The van der Waals surface area contributed by atoms with Crippen molar-refractivity contribution >= 4 is 11.8 Å². The average molecular weight is 375 g/mol. The fourth-order valence-electron chi connectivity index (χ4n) is 4.12. The Hall–Kier alpha value is -1.96. The number of aliphatic hydroxyl groups is 2. The zero-order chi connectivity index (χ0) is 19.4. The van der Waals surface area contributed by atoms with Crippen LogP contribution in [0.4, 0.5) is 0 Å². The van der Waals surface area contributed by atoms with Gasteiger partial charge in [-0.25, -0.2) is 0 Å². The van der Waals surface area contributed by atoms with E-state index in [9.17, 15) is 19.8 Å². The van der Waals surface area contributed by atoms with E-state index >= 15 is 0 Å². The van der Waals surface area contributed by atoms with E-state index < -0.39 is 12.1 Å². The van der Waals surface area contributed by atoms with Crippen LogP contribution in [0.25, 0.3) is 0 Å². The Morgan fingerprint density at radius 3 is 2.70 bits per heavy atom. The number of benzene rings is 1. The molecule has 3 N–H and O–H groups in total. The summed E-state index contributed by atoms with van der Waals surface area (Å²) in [4.78, 5) is 28.0. The summed E-state index contributed by atoms with van der Waals surface area (Å²) < 4.78 is 0. The number of likely N-dealkylation sites (tertiary alicyclic amines) is 2. The Bertz CT molecular complexity index is 681. The quantitative estimate of drug-likeness (QED) is 0.662. The van der Waals surface area contributed by atoms with E-state index in [-0.39, 0.29) is 37.4 Å². The number of hydrogen-bond acceptors (Lipinski definition) is 5. The zero-order valence-corrected chi connectivity index (χ0v) is 15.8. The highest BCUT2D eigenvalue weighted by molar-refractivity contribution is 5.87. The van der Waals surface area contributed by atoms with Gasteiger partial charge in [0.05, 0.1) is 12.7 Å². The maximum atomic E-state index is 12.6. The van der Waals surface area contributed by atoms with Crippen LogP contribution in [0.15, 0.2) is 24.3 Å². The van der Waals surface area contributed by atoms with E-state index in [1.807, 2.05) is 18.2 Å². The summed E-state index contributed by atoms with van der Waals surface area (Å²) >= 11 is 0. The Kier molecular flexibility index (Phi) is 6.46. The number of aliphatic hydroxyl groups excluding tert-OH is 2. The number of nitrogens with zero attached hydrogens (tertiary/aromatic N) is 2. The molecule has 0 saturated carbocycles. The molecule has 1 aromatic carbocycles. The third-order valence-corrected chi connectivity index (χ3v) is 5.64. The van der Waals surface area contributed by atoms with E-state index in [1.54, 1.807) is 0 Å².